The first-order valence-corrected chi connectivity index (χ1v) is 8.39. The SMILES string of the molecule is O=C(NC1CCN(C(=O)C(O)C2CC2)CC1)c1ccsc1. The van der Waals surface area contributed by atoms with E-state index in [1.807, 2.05) is 16.8 Å². The normalized spacial score (nSPS) is 21.1. The van der Waals surface area contributed by atoms with Crippen LogP contribution in [0.15, 0.2) is 16.8 Å². The van der Waals surface area contributed by atoms with Gasteiger partial charge in [-0.2, -0.15) is 11.3 Å². The van der Waals surface area contributed by atoms with Crippen molar-refractivity contribution in [3.63, 3.8) is 0 Å². The third-order valence-corrected chi connectivity index (χ3v) is 4.93. The predicted molar refractivity (Wildman–Crippen MR) is 80.1 cm³/mol. The first-order chi connectivity index (χ1) is 10.1. The number of nitrogens with one attached hydrogen (secondary N) is 1. The van der Waals surface area contributed by atoms with Crippen molar-refractivity contribution in [2.75, 3.05) is 13.1 Å². The molecule has 1 aliphatic heterocycles. The maximum Gasteiger partial charge on any atom is 0.252 e. The Morgan fingerprint density at radius 1 is 1.29 bits per heavy atom. The number of aliphatic hydroxyl groups excluding tert-OH is 1. The fourth-order valence-corrected chi connectivity index (χ4v) is 3.34. The van der Waals surface area contributed by atoms with E-state index >= 15 is 0 Å². The molecule has 3 rings (SSSR count). The first kappa shape index (κ1) is 14.5. The van der Waals surface area contributed by atoms with E-state index in [-0.39, 0.29) is 23.8 Å². The van der Waals surface area contributed by atoms with E-state index in [0.29, 0.717) is 18.7 Å². The van der Waals surface area contributed by atoms with Crippen LogP contribution in [-0.2, 0) is 4.79 Å². The zero-order valence-electron chi connectivity index (χ0n) is 11.8. The van der Waals surface area contributed by atoms with Gasteiger partial charge in [-0.25, -0.2) is 0 Å². The number of carbonyl (C=O) groups excluding carboxylic acids is 2. The molecule has 21 heavy (non-hydrogen) atoms. The highest BCUT2D eigenvalue weighted by Crippen LogP contribution is 2.33. The topological polar surface area (TPSA) is 69.6 Å². The number of carbonyl (C=O) groups is 2. The molecule has 1 unspecified atom stereocenters. The van der Waals surface area contributed by atoms with Crippen LogP contribution in [0, 0.1) is 5.92 Å². The molecule has 1 saturated carbocycles. The van der Waals surface area contributed by atoms with Crippen molar-refractivity contribution in [1.82, 2.24) is 10.2 Å². The Bertz CT molecular complexity index is 505. The van der Waals surface area contributed by atoms with Crippen molar-refractivity contribution in [2.24, 2.45) is 5.92 Å². The Hall–Kier alpha value is -1.40. The number of hydrogen-bond donors (Lipinski definition) is 2. The highest BCUT2D eigenvalue weighted by molar-refractivity contribution is 7.08. The maximum atomic E-state index is 12.1. The number of likely N-dealkylation sites (tertiary alicyclic amines) is 1. The van der Waals surface area contributed by atoms with Crippen molar-refractivity contribution < 1.29 is 14.7 Å². The summed E-state index contributed by atoms with van der Waals surface area (Å²) in [7, 11) is 0. The third kappa shape index (κ3) is 3.44. The van der Waals surface area contributed by atoms with E-state index in [1.165, 1.54) is 11.3 Å². The smallest absolute Gasteiger partial charge is 0.252 e. The summed E-state index contributed by atoms with van der Waals surface area (Å²) in [5.41, 5.74) is 0.697. The van der Waals surface area contributed by atoms with Crippen LogP contribution in [0.1, 0.15) is 36.0 Å². The minimum absolute atomic E-state index is 0.0426. The monoisotopic (exact) mass is 308 g/mol. The number of rotatable bonds is 4. The molecular formula is C15H20N2O3S. The predicted octanol–water partition coefficient (Wildman–Crippen LogP) is 1.24. The number of piperidine rings is 1. The zero-order chi connectivity index (χ0) is 14.8. The summed E-state index contributed by atoms with van der Waals surface area (Å²) >= 11 is 1.50. The van der Waals surface area contributed by atoms with E-state index in [4.69, 9.17) is 0 Å². The molecule has 2 aliphatic rings. The van der Waals surface area contributed by atoms with Crippen molar-refractivity contribution in [3.05, 3.63) is 22.4 Å². The van der Waals surface area contributed by atoms with Crippen LogP contribution in [-0.4, -0.2) is 47.1 Å². The highest BCUT2D eigenvalue weighted by atomic mass is 32.1. The lowest BCUT2D eigenvalue weighted by Gasteiger charge is -2.33. The number of thiophene rings is 1. The molecule has 2 N–H and O–H groups in total. The molecule has 1 atom stereocenters. The minimum Gasteiger partial charge on any atom is -0.383 e. The number of hydrogen-bond acceptors (Lipinski definition) is 4. The van der Waals surface area contributed by atoms with Gasteiger partial charge in [0, 0.05) is 30.1 Å². The Balaban J connectivity index is 1.46. The van der Waals surface area contributed by atoms with Gasteiger partial charge in [-0.05, 0) is 43.0 Å². The second kappa shape index (κ2) is 6.15. The molecule has 1 aromatic rings. The molecule has 1 aliphatic carbocycles. The van der Waals surface area contributed by atoms with Crippen molar-refractivity contribution in [1.29, 1.82) is 0 Å². The van der Waals surface area contributed by atoms with Gasteiger partial charge in [0.05, 0.1) is 0 Å². The van der Waals surface area contributed by atoms with E-state index in [1.54, 1.807) is 4.90 Å². The van der Waals surface area contributed by atoms with Crippen LogP contribution in [0.4, 0.5) is 0 Å². The molecule has 0 radical (unpaired) electrons. The number of amides is 2. The summed E-state index contributed by atoms with van der Waals surface area (Å²) in [6.45, 7) is 1.22. The molecule has 5 nitrogen and oxygen atoms in total. The summed E-state index contributed by atoms with van der Waals surface area (Å²) in [4.78, 5) is 25.8. The lowest BCUT2D eigenvalue weighted by atomic mass is 10.0. The van der Waals surface area contributed by atoms with Gasteiger partial charge >= 0.3 is 0 Å². The molecule has 0 spiro atoms. The molecule has 0 bridgehead atoms. The number of nitrogens with zero attached hydrogens (tertiary/aromatic N) is 1. The largest absolute Gasteiger partial charge is 0.383 e. The summed E-state index contributed by atoms with van der Waals surface area (Å²) in [6.07, 6.45) is 2.60. The van der Waals surface area contributed by atoms with Gasteiger partial charge in [-0.3, -0.25) is 9.59 Å². The van der Waals surface area contributed by atoms with E-state index in [9.17, 15) is 14.7 Å². The molecule has 1 saturated heterocycles. The van der Waals surface area contributed by atoms with Crippen molar-refractivity contribution in [2.45, 2.75) is 37.8 Å². The third-order valence-electron chi connectivity index (χ3n) is 4.25. The summed E-state index contributed by atoms with van der Waals surface area (Å²) in [5.74, 6) is -0.00679. The number of aliphatic hydroxyl groups is 1. The van der Waals surface area contributed by atoms with Crippen LogP contribution in [0.25, 0.3) is 0 Å². The van der Waals surface area contributed by atoms with Gasteiger partial charge < -0.3 is 15.3 Å². The van der Waals surface area contributed by atoms with Crippen molar-refractivity contribution >= 4 is 23.2 Å². The van der Waals surface area contributed by atoms with Gasteiger partial charge in [0.1, 0.15) is 6.10 Å². The maximum absolute atomic E-state index is 12.1. The molecular weight excluding hydrogens is 288 g/mol. The van der Waals surface area contributed by atoms with Crippen LogP contribution in [0.3, 0.4) is 0 Å². The molecule has 6 heteroatoms. The molecule has 2 fully saturated rings. The molecule has 0 aromatic carbocycles. The Kier molecular flexibility index (Phi) is 4.26. The fraction of sp³-hybridized carbons (Fsp3) is 0.600. The fourth-order valence-electron chi connectivity index (χ4n) is 2.71. The molecule has 114 valence electrons. The van der Waals surface area contributed by atoms with Gasteiger partial charge in [0.15, 0.2) is 0 Å². The zero-order valence-corrected chi connectivity index (χ0v) is 12.6. The Morgan fingerprint density at radius 2 is 2.00 bits per heavy atom. The minimum atomic E-state index is -0.818. The van der Waals surface area contributed by atoms with Gasteiger partial charge in [-0.15, -0.1) is 0 Å². The molecule has 2 heterocycles. The average molecular weight is 308 g/mol. The Morgan fingerprint density at radius 3 is 2.57 bits per heavy atom. The summed E-state index contributed by atoms with van der Waals surface area (Å²) in [6, 6.07) is 1.92. The van der Waals surface area contributed by atoms with Crippen LogP contribution in [0.5, 0.6) is 0 Å². The van der Waals surface area contributed by atoms with Gasteiger partial charge in [0.2, 0.25) is 0 Å². The average Bonchev–Trinajstić information content (AvgIpc) is 3.20. The van der Waals surface area contributed by atoms with E-state index < -0.39 is 6.10 Å². The standard InChI is InChI=1S/C15H20N2O3S/c18-13(10-1-2-10)15(20)17-6-3-12(4-7-17)16-14(19)11-5-8-21-9-11/h5,8-10,12-13,18H,1-4,6-7H2,(H,16,19). The Labute approximate surface area is 128 Å². The lowest BCUT2D eigenvalue weighted by molar-refractivity contribution is -0.142. The van der Waals surface area contributed by atoms with Crippen LogP contribution in [0.2, 0.25) is 0 Å². The van der Waals surface area contributed by atoms with E-state index in [2.05, 4.69) is 5.32 Å². The van der Waals surface area contributed by atoms with E-state index in [0.717, 1.165) is 25.7 Å². The molecule has 2 amide bonds. The second-order valence-electron chi connectivity index (χ2n) is 5.87. The van der Waals surface area contributed by atoms with Gasteiger partial charge in [0.25, 0.3) is 11.8 Å². The van der Waals surface area contributed by atoms with Crippen LogP contribution < -0.4 is 5.32 Å². The lowest BCUT2D eigenvalue weighted by Crippen LogP contribution is -2.49. The highest BCUT2D eigenvalue weighted by Gasteiger charge is 2.37. The van der Waals surface area contributed by atoms with Crippen LogP contribution >= 0.6 is 11.3 Å². The van der Waals surface area contributed by atoms with Gasteiger partial charge in [-0.1, -0.05) is 0 Å². The summed E-state index contributed by atoms with van der Waals surface area (Å²) in [5, 5.41) is 16.6. The second-order valence-corrected chi connectivity index (χ2v) is 6.65. The first-order valence-electron chi connectivity index (χ1n) is 7.45. The van der Waals surface area contributed by atoms with Crippen molar-refractivity contribution in [3.8, 4) is 0 Å². The quantitative estimate of drug-likeness (QED) is 0.879. The molecule has 1 aromatic heterocycles. The summed E-state index contributed by atoms with van der Waals surface area (Å²) < 4.78 is 0.